The zero-order chi connectivity index (χ0) is 12.6. The van der Waals surface area contributed by atoms with E-state index in [1.165, 1.54) is 25.7 Å². The average Bonchev–Trinajstić information content (AvgIpc) is 2.89. The SMILES string of the molecule is CCNc1cc(NCCOC2CCCC2)ccn1. The van der Waals surface area contributed by atoms with Crippen LogP contribution in [0.5, 0.6) is 0 Å². The number of hydrogen-bond donors (Lipinski definition) is 2. The van der Waals surface area contributed by atoms with Gasteiger partial charge in [-0.3, -0.25) is 0 Å². The van der Waals surface area contributed by atoms with E-state index in [-0.39, 0.29) is 0 Å². The highest BCUT2D eigenvalue weighted by Crippen LogP contribution is 2.20. The third-order valence-electron chi connectivity index (χ3n) is 3.20. The summed E-state index contributed by atoms with van der Waals surface area (Å²) in [5.74, 6) is 0.916. The molecular weight excluding hydrogens is 226 g/mol. The number of anilines is 2. The minimum Gasteiger partial charge on any atom is -0.383 e. The number of pyridine rings is 1. The van der Waals surface area contributed by atoms with Crippen LogP contribution in [0.1, 0.15) is 32.6 Å². The van der Waals surface area contributed by atoms with Crippen LogP contribution in [0.3, 0.4) is 0 Å². The number of hydrogen-bond acceptors (Lipinski definition) is 4. The molecule has 0 atom stereocenters. The van der Waals surface area contributed by atoms with Gasteiger partial charge in [0.25, 0.3) is 0 Å². The van der Waals surface area contributed by atoms with Crippen LogP contribution in [-0.4, -0.2) is 30.8 Å². The molecule has 0 aliphatic heterocycles. The Morgan fingerprint density at radius 1 is 1.33 bits per heavy atom. The zero-order valence-corrected chi connectivity index (χ0v) is 11.1. The van der Waals surface area contributed by atoms with E-state index in [4.69, 9.17) is 4.74 Å². The number of nitrogens with one attached hydrogen (secondary N) is 2. The van der Waals surface area contributed by atoms with Gasteiger partial charge in [0, 0.05) is 31.0 Å². The molecule has 100 valence electrons. The van der Waals surface area contributed by atoms with E-state index in [2.05, 4.69) is 22.5 Å². The largest absolute Gasteiger partial charge is 0.383 e. The fourth-order valence-corrected chi connectivity index (χ4v) is 2.29. The van der Waals surface area contributed by atoms with Crippen LogP contribution in [0.4, 0.5) is 11.5 Å². The van der Waals surface area contributed by atoms with Crippen molar-refractivity contribution in [3.63, 3.8) is 0 Å². The molecule has 1 aromatic rings. The molecule has 1 aromatic heterocycles. The first-order valence-corrected chi connectivity index (χ1v) is 6.94. The van der Waals surface area contributed by atoms with Crippen LogP contribution in [-0.2, 0) is 4.74 Å². The van der Waals surface area contributed by atoms with E-state index in [1.54, 1.807) is 0 Å². The Kier molecular flexibility index (Phi) is 5.27. The summed E-state index contributed by atoms with van der Waals surface area (Å²) in [6, 6.07) is 4.01. The second-order valence-electron chi connectivity index (χ2n) is 4.66. The fourth-order valence-electron chi connectivity index (χ4n) is 2.29. The van der Waals surface area contributed by atoms with Crippen LogP contribution in [0.15, 0.2) is 18.3 Å². The van der Waals surface area contributed by atoms with Crippen LogP contribution in [0.2, 0.25) is 0 Å². The van der Waals surface area contributed by atoms with E-state index in [1.807, 2.05) is 18.3 Å². The Morgan fingerprint density at radius 2 is 2.17 bits per heavy atom. The minimum atomic E-state index is 0.501. The summed E-state index contributed by atoms with van der Waals surface area (Å²) in [6.45, 7) is 4.59. The normalized spacial score (nSPS) is 15.8. The first-order valence-electron chi connectivity index (χ1n) is 6.94. The van der Waals surface area contributed by atoms with Crippen molar-refractivity contribution in [2.75, 3.05) is 30.3 Å². The summed E-state index contributed by atoms with van der Waals surface area (Å²) in [5.41, 5.74) is 1.09. The summed E-state index contributed by atoms with van der Waals surface area (Å²) < 4.78 is 5.81. The molecule has 1 saturated carbocycles. The summed E-state index contributed by atoms with van der Waals surface area (Å²) in [7, 11) is 0. The molecule has 1 aliphatic rings. The van der Waals surface area contributed by atoms with Crippen LogP contribution in [0, 0.1) is 0 Å². The number of nitrogens with zero attached hydrogens (tertiary/aromatic N) is 1. The Hall–Kier alpha value is -1.29. The molecule has 0 spiro atoms. The highest BCUT2D eigenvalue weighted by molar-refractivity contribution is 5.51. The van der Waals surface area contributed by atoms with Crippen molar-refractivity contribution in [1.29, 1.82) is 0 Å². The maximum Gasteiger partial charge on any atom is 0.127 e. The predicted molar refractivity (Wildman–Crippen MR) is 75.1 cm³/mol. The molecule has 0 unspecified atom stereocenters. The van der Waals surface area contributed by atoms with Gasteiger partial charge in [-0.1, -0.05) is 12.8 Å². The molecule has 4 nitrogen and oxygen atoms in total. The molecule has 18 heavy (non-hydrogen) atoms. The monoisotopic (exact) mass is 249 g/mol. The Bertz CT molecular complexity index is 351. The zero-order valence-electron chi connectivity index (χ0n) is 11.1. The van der Waals surface area contributed by atoms with Gasteiger partial charge in [-0.05, 0) is 25.8 Å². The molecule has 0 radical (unpaired) electrons. The van der Waals surface area contributed by atoms with E-state index < -0.39 is 0 Å². The van der Waals surface area contributed by atoms with E-state index in [9.17, 15) is 0 Å². The fraction of sp³-hybridized carbons (Fsp3) is 0.643. The lowest BCUT2D eigenvalue weighted by Gasteiger charge is -2.12. The summed E-state index contributed by atoms with van der Waals surface area (Å²) >= 11 is 0. The van der Waals surface area contributed by atoms with Gasteiger partial charge >= 0.3 is 0 Å². The summed E-state index contributed by atoms with van der Waals surface area (Å²) in [5, 5.41) is 6.56. The van der Waals surface area contributed by atoms with Crippen molar-refractivity contribution >= 4 is 11.5 Å². The molecular formula is C14H23N3O. The summed E-state index contributed by atoms with van der Waals surface area (Å²) in [4.78, 5) is 4.24. The van der Waals surface area contributed by atoms with Gasteiger partial charge in [-0.25, -0.2) is 4.98 Å². The first kappa shape index (κ1) is 13.1. The van der Waals surface area contributed by atoms with Crippen molar-refractivity contribution in [3.05, 3.63) is 18.3 Å². The second-order valence-corrected chi connectivity index (χ2v) is 4.66. The van der Waals surface area contributed by atoms with Gasteiger partial charge in [0.15, 0.2) is 0 Å². The second kappa shape index (κ2) is 7.21. The average molecular weight is 249 g/mol. The standard InChI is InChI=1S/C14H23N3O/c1-2-15-14-11-12(7-8-17-14)16-9-10-18-13-5-3-4-6-13/h7-8,11,13H,2-6,9-10H2,1H3,(H2,15,16,17). The topological polar surface area (TPSA) is 46.2 Å². The molecule has 4 heteroatoms. The molecule has 0 saturated heterocycles. The maximum absolute atomic E-state index is 5.81. The lowest BCUT2D eigenvalue weighted by Crippen LogP contribution is -2.15. The highest BCUT2D eigenvalue weighted by atomic mass is 16.5. The maximum atomic E-state index is 5.81. The highest BCUT2D eigenvalue weighted by Gasteiger charge is 2.14. The van der Waals surface area contributed by atoms with E-state index in [0.717, 1.165) is 31.2 Å². The van der Waals surface area contributed by atoms with Gasteiger partial charge in [-0.15, -0.1) is 0 Å². The third-order valence-corrected chi connectivity index (χ3v) is 3.20. The molecule has 0 amide bonds. The third kappa shape index (κ3) is 4.18. The van der Waals surface area contributed by atoms with Crippen molar-refractivity contribution in [2.45, 2.75) is 38.7 Å². The number of ether oxygens (including phenoxy) is 1. The minimum absolute atomic E-state index is 0.501. The van der Waals surface area contributed by atoms with Gasteiger partial charge in [0.05, 0.1) is 12.7 Å². The molecule has 1 aliphatic carbocycles. The Balaban J connectivity index is 1.67. The smallest absolute Gasteiger partial charge is 0.127 e. The lowest BCUT2D eigenvalue weighted by atomic mass is 10.3. The predicted octanol–water partition coefficient (Wildman–Crippen LogP) is 2.88. The number of aromatic nitrogens is 1. The molecule has 2 N–H and O–H groups in total. The van der Waals surface area contributed by atoms with E-state index in [0.29, 0.717) is 6.10 Å². The van der Waals surface area contributed by atoms with Gasteiger partial charge in [0.2, 0.25) is 0 Å². The Morgan fingerprint density at radius 3 is 2.94 bits per heavy atom. The van der Waals surface area contributed by atoms with Gasteiger partial charge in [-0.2, -0.15) is 0 Å². The first-order chi connectivity index (χ1) is 8.88. The molecule has 2 rings (SSSR count). The Labute approximate surface area is 109 Å². The lowest BCUT2D eigenvalue weighted by molar-refractivity contribution is 0.0659. The quantitative estimate of drug-likeness (QED) is 0.729. The van der Waals surface area contributed by atoms with Crippen molar-refractivity contribution < 1.29 is 4.74 Å². The van der Waals surface area contributed by atoms with E-state index >= 15 is 0 Å². The van der Waals surface area contributed by atoms with Crippen molar-refractivity contribution in [2.24, 2.45) is 0 Å². The van der Waals surface area contributed by atoms with Gasteiger partial charge in [0.1, 0.15) is 5.82 Å². The van der Waals surface area contributed by atoms with Crippen LogP contribution in [0.25, 0.3) is 0 Å². The van der Waals surface area contributed by atoms with Crippen molar-refractivity contribution in [1.82, 2.24) is 4.98 Å². The molecule has 0 aromatic carbocycles. The number of rotatable bonds is 7. The summed E-state index contributed by atoms with van der Waals surface area (Å²) in [6.07, 6.45) is 7.45. The molecule has 1 fully saturated rings. The van der Waals surface area contributed by atoms with Crippen LogP contribution < -0.4 is 10.6 Å². The van der Waals surface area contributed by atoms with Crippen LogP contribution >= 0.6 is 0 Å². The van der Waals surface area contributed by atoms with Gasteiger partial charge < -0.3 is 15.4 Å². The van der Waals surface area contributed by atoms with Crippen molar-refractivity contribution in [3.8, 4) is 0 Å². The molecule has 0 bridgehead atoms. The molecule has 1 heterocycles.